The van der Waals surface area contributed by atoms with Gasteiger partial charge in [-0.25, -0.2) is 0 Å². The zero-order chi connectivity index (χ0) is 7.45. The Morgan fingerprint density at radius 2 is 1.90 bits per heavy atom. The van der Waals surface area contributed by atoms with Gasteiger partial charge >= 0.3 is 0 Å². The molecule has 2 heteroatoms. The maximum atomic E-state index is 6.19. The number of hydrogen-bond donors (Lipinski definition) is 0. The summed E-state index contributed by atoms with van der Waals surface area (Å²) in [6.07, 6.45) is 5.95. The maximum absolute atomic E-state index is 6.19. The van der Waals surface area contributed by atoms with Crippen LogP contribution >= 0.6 is 11.6 Å². The van der Waals surface area contributed by atoms with Crippen LogP contribution in [0.5, 0.6) is 0 Å². The lowest BCUT2D eigenvalue weighted by molar-refractivity contribution is 0.215. The van der Waals surface area contributed by atoms with Crippen LogP contribution in [0.25, 0.3) is 0 Å². The molecule has 0 aromatic heterocycles. The molecule has 1 rings (SSSR count). The van der Waals surface area contributed by atoms with Crippen molar-refractivity contribution < 1.29 is 4.74 Å². The van der Waals surface area contributed by atoms with E-state index in [1.165, 1.54) is 19.3 Å². The fourth-order valence-corrected chi connectivity index (χ4v) is 1.82. The van der Waals surface area contributed by atoms with Crippen LogP contribution in [0.1, 0.15) is 32.1 Å². The highest BCUT2D eigenvalue weighted by atomic mass is 35.5. The first-order valence-corrected chi connectivity index (χ1v) is 4.21. The molecular formula is C8H14ClO. The molecule has 0 aromatic carbocycles. The largest absolute Gasteiger partial charge is 0.377 e. The minimum Gasteiger partial charge on any atom is -0.377 e. The molecule has 1 saturated carbocycles. The van der Waals surface area contributed by atoms with E-state index in [0.29, 0.717) is 0 Å². The summed E-state index contributed by atoms with van der Waals surface area (Å²) >= 11 is 6.19. The SMILES string of the molecule is CO[CH]C1(Cl)CCCCC1. The van der Waals surface area contributed by atoms with Gasteiger partial charge < -0.3 is 4.74 Å². The van der Waals surface area contributed by atoms with Gasteiger partial charge in [0, 0.05) is 7.11 Å². The lowest BCUT2D eigenvalue weighted by Crippen LogP contribution is -2.25. The molecule has 1 fully saturated rings. The second kappa shape index (κ2) is 3.59. The number of ether oxygens (including phenoxy) is 1. The van der Waals surface area contributed by atoms with Gasteiger partial charge in [0.05, 0.1) is 4.87 Å². The Morgan fingerprint density at radius 1 is 1.30 bits per heavy atom. The van der Waals surface area contributed by atoms with E-state index < -0.39 is 0 Å². The highest BCUT2D eigenvalue weighted by Gasteiger charge is 2.29. The molecule has 10 heavy (non-hydrogen) atoms. The zero-order valence-corrected chi connectivity index (χ0v) is 7.16. The first kappa shape index (κ1) is 8.35. The molecule has 0 unspecified atom stereocenters. The van der Waals surface area contributed by atoms with E-state index in [9.17, 15) is 0 Å². The number of methoxy groups -OCH3 is 1. The average Bonchev–Trinajstić information content (AvgIpc) is 1.89. The van der Waals surface area contributed by atoms with E-state index in [2.05, 4.69) is 0 Å². The topological polar surface area (TPSA) is 9.23 Å². The van der Waals surface area contributed by atoms with Crippen LogP contribution in [0.2, 0.25) is 0 Å². The van der Waals surface area contributed by atoms with E-state index >= 15 is 0 Å². The highest BCUT2D eigenvalue weighted by Crippen LogP contribution is 2.36. The molecule has 0 heterocycles. The fraction of sp³-hybridized carbons (Fsp3) is 0.875. The number of alkyl halides is 1. The summed E-state index contributed by atoms with van der Waals surface area (Å²) in [5.74, 6) is 0. The molecule has 0 amide bonds. The van der Waals surface area contributed by atoms with Crippen LogP contribution in [-0.4, -0.2) is 12.0 Å². The van der Waals surface area contributed by atoms with Crippen molar-refractivity contribution in [2.45, 2.75) is 37.0 Å². The van der Waals surface area contributed by atoms with Gasteiger partial charge in [0.1, 0.15) is 6.61 Å². The van der Waals surface area contributed by atoms with Crippen molar-refractivity contribution in [2.24, 2.45) is 0 Å². The van der Waals surface area contributed by atoms with E-state index in [0.717, 1.165) is 12.8 Å². The van der Waals surface area contributed by atoms with Gasteiger partial charge in [-0.2, -0.15) is 0 Å². The standard InChI is InChI=1S/C8H14ClO/c1-10-7-8(9)5-3-2-4-6-8/h7H,2-6H2,1H3. The molecule has 0 aliphatic heterocycles. The van der Waals surface area contributed by atoms with Gasteiger partial charge in [0.25, 0.3) is 0 Å². The van der Waals surface area contributed by atoms with Gasteiger partial charge in [0.2, 0.25) is 0 Å². The molecule has 1 nitrogen and oxygen atoms in total. The second-order valence-electron chi connectivity index (χ2n) is 2.95. The molecule has 0 spiro atoms. The van der Waals surface area contributed by atoms with Crippen LogP contribution in [0.3, 0.4) is 0 Å². The van der Waals surface area contributed by atoms with Crippen molar-refractivity contribution in [2.75, 3.05) is 7.11 Å². The third-order valence-electron chi connectivity index (χ3n) is 2.01. The summed E-state index contributed by atoms with van der Waals surface area (Å²) in [5, 5.41) is 0. The predicted octanol–water partition coefficient (Wildman–Crippen LogP) is 2.74. The van der Waals surface area contributed by atoms with Gasteiger partial charge in [-0.3, -0.25) is 0 Å². The lowest BCUT2D eigenvalue weighted by atomic mass is 9.89. The molecule has 59 valence electrons. The van der Waals surface area contributed by atoms with Crippen molar-refractivity contribution in [1.29, 1.82) is 0 Å². The third kappa shape index (κ3) is 2.14. The fourth-order valence-electron chi connectivity index (χ4n) is 1.47. The molecule has 0 N–H and O–H groups in total. The Kier molecular flexibility index (Phi) is 2.99. The summed E-state index contributed by atoms with van der Waals surface area (Å²) < 4.78 is 4.93. The highest BCUT2D eigenvalue weighted by molar-refractivity contribution is 6.24. The van der Waals surface area contributed by atoms with Crippen molar-refractivity contribution >= 4 is 11.6 Å². The normalized spacial score (nSPS) is 24.6. The number of rotatable bonds is 2. The molecule has 1 aliphatic carbocycles. The molecule has 0 bridgehead atoms. The second-order valence-corrected chi connectivity index (χ2v) is 3.70. The maximum Gasteiger partial charge on any atom is 0.104 e. The van der Waals surface area contributed by atoms with Crippen LogP contribution in [0.4, 0.5) is 0 Å². The molecule has 1 radical (unpaired) electrons. The van der Waals surface area contributed by atoms with Crippen molar-refractivity contribution in [3.05, 3.63) is 6.61 Å². The molecule has 0 aromatic rings. The molecule has 1 aliphatic rings. The summed E-state index contributed by atoms with van der Waals surface area (Å²) in [5.41, 5.74) is 0. The van der Waals surface area contributed by atoms with Gasteiger partial charge in [0.15, 0.2) is 0 Å². The smallest absolute Gasteiger partial charge is 0.104 e. The van der Waals surface area contributed by atoms with E-state index in [1.807, 2.05) is 0 Å². The Balaban J connectivity index is 2.32. The van der Waals surface area contributed by atoms with E-state index in [1.54, 1.807) is 13.7 Å². The first-order chi connectivity index (χ1) is 4.77. The van der Waals surface area contributed by atoms with Crippen LogP contribution in [0, 0.1) is 6.61 Å². The summed E-state index contributed by atoms with van der Waals surface area (Å²) in [6.45, 7) is 1.77. The van der Waals surface area contributed by atoms with Crippen LogP contribution in [0.15, 0.2) is 0 Å². The Hall–Kier alpha value is 0.250. The summed E-state index contributed by atoms with van der Waals surface area (Å²) in [6, 6.07) is 0. The Labute approximate surface area is 67.7 Å². The summed E-state index contributed by atoms with van der Waals surface area (Å²) in [4.78, 5) is -0.146. The van der Waals surface area contributed by atoms with Crippen molar-refractivity contribution in [3.63, 3.8) is 0 Å². The third-order valence-corrected chi connectivity index (χ3v) is 2.48. The Bertz CT molecular complexity index is 91.9. The molecule has 0 atom stereocenters. The van der Waals surface area contributed by atoms with Gasteiger partial charge in [-0.15, -0.1) is 11.6 Å². The zero-order valence-electron chi connectivity index (χ0n) is 6.40. The van der Waals surface area contributed by atoms with E-state index in [-0.39, 0.29) is 4.87 Å². The minimum absolute atomic E-state index is 0.146. The Morgan fingerprint density at radius 3 is 2.40 bits per heavy atom. The number of hydrogen-bond acceptors (Lipinski definition) is 1. The lowest BCUT2D eigenvalue weighted by Gasteiger charge is -2.29. The van der Waals surface area contributed by atoms with Crippen molar-refractivity contribution in [1.82, 2.24) is 0 Å². The number of halogens is 1. The summed E-state index contributed by atoms with van der Waals surface area (Å²) in [7, 11) is 1.67. The van der Waals surface area contributed by atoms with Gasteiger partial charge in [-0.05, 0) is 12.8 Å². The van der Waals surface area contributed by atoms with Crippen LogP contribution in [-0.2, 0) is 4.74 Å². The van der Waals surface area contributed by atoms with Crippen molar-refractivity contribution in [3.8, 4) is 0 Å². The van der Waals surface area contributed by atoms with Crippen LogP contribution < -0.4 is 0 Å². The van der Waals surface area contributed by atoms with E-state index in [4.69, 9.17) is 16.3 Å². The monoisotopic (exact) mass is 161 g/mol. The molecule has 0 saturated heterocycles. The first-order valence-electron chi connectivity index (χ1n) is 3.83. The molecular weight excluding hydrogens is 148 g/mol. The average molecular weight is 162 g/mol. The minimum atomic E-state index is -0.146. The predicted molar refractivity (Wildman–Crippen MR) is 43.0 cm³/mol. The quantitative estimate of drug-likeness (QED) is 0.566. The van der Waals surface area contributed by atoms with Gasteiger partial charge in [-0.1, -0.05) is 19.3 Å².